The van der Waals surface area contributed by atoms with Crippen LogP contribution in [0.4, 0.5) is 0 Å². The molecule has 0 aliphatic carbocycles. The molecule has 0 spiro atoms. The average Bonchev–Trinajstić information content (AvgIpc) is 2.85. The lowest BCUT2D eigenvalue weighted by molar-refractivity contribution is 0.0674. The molecule has 0 bridgehead atoms. The molecule has 0 fully saturated rings. The first-order valence-electron chi connectivity index (χ1n) is 9.97. The van der Waals surface area contributed by atoms with Gasteiger partial charge in [0.15, 0.2) is 0 Å². The van der Waals surface area contributed by atoms with Gasteiger partial charge < -0.3 is 14.2 Å². The number of benzene rings is 4. The summed E-state index contributed by atoms with van der Waals surface area (Å²) in [6, 6.07) is 30.3. The molecule has 1 radical (unpaired) electrons. The lowest BCUT2D eigenvalue weighted by Gasteiger charge is -2.13. The molecule has 0 saturated carbocycles. The van der Waals surface area contributed by atoms with E-state index < -0.39 is 17.9 Å². The van der Waals surface area contributed by atoms with Crippen molar-refractivity contribution in [3.05, 3.63) is 126 Å². The Hall–Kier alpha value is -4.71. The Morgan fingerprint density at radius 2 is 0.818 bits per heavy atom. The summed E-state index contributed by atoms with van der Waals surface area (Å²) in [6.07, 6.45) is 0. The molecule has 0 saturated heterocycles. The summed E-state index contributed by atoms with van der Waals surface area (Å²) >= 11 is 0. The molecule has 0 aromatic heterocycles. The molecule has 0 aliphatic rings. The molecule has 4 aromatic rings. The Kier molecular flexibility index (Phi) is 6.56. The maximum atomic E-state index is 13.1. The highest BCUT2D eigenvalue weighted by Gasteiger charge is 2.28. The van der Waals surface area contributed by atoms with E-state index in [0.717, 1.165) is 0 Å². The largest absolute Gasteiger partial charge is 0.423 e. The van der Waals surface area contributed by atoms with Crippen molar-refractivity contribution in [1.29, 1.82) is 0 Å². The van der Waals surface area contributed by atoms with Gasteiger partial charge in [0, 0.05) is 0 Å². The van der Waals surface area contributed by atoms with Gasteiger partial charge in [0.2, 0.25) is 0 Å². The highest BCUT2D eigenvalue weighted by molar-refractivity contribution is 6.11. The van der Waals surface area contributed by atoms with Crippen LogP contribution in [0.2, 0.25) is 0 Å². The van der Waals surface area contributed by atoms with Crippen molar-refractivity contribution in [2.75, 3.05) is 0 Å². The van der Waals surface area contributed by atoms with Gasteiger partial charge in [0.05, 0.1) is 16.7 Å². The fraction of sp³-hybridized carbons (Fsp3) is 0. The van der Waals surface area contributed by atoms with E-state index in [9.17, 15) is 14.4 Å². The summed E-state index contributed by atoms with van der Waals surface area (Å²) in [7, 11) is 0. The second-order valence-electron chi connectivity index (χ2n) is 6.77. The summed E-state index contributed by atoms with van der Waals surface area (Å²) in [5.41, 5.74) is -0.635. The third kappa shape index (κ3) is 5.32. The number of para-hydroxylation sites is 3. The van der Waals surface area contributed by atoms with E-state index in [1.807, 2.05) is 0 Å². The summed E-state index contributed by atoms with van der Waals surface area (Å²) in [4.78, 5) is 39.0. The Bertz CT molecular complexity index is 1200. The molecule has 0 atom stereocenters. The minimum absolute atomic E-state index is 0.178. The van der Waals surface area contributed by atoms with E-state index in [0.29, 0.717) is 0 Å². The van der Waals surface area contributed by atoms with E-state index in [-0.39, 0.29) is 33.9 Å². The van der Waals surface area contributed by atoms with Crippen LogP contribution in [0, 0.1) is 6.07 Å². The minimum Gasteiger partial charge on any atom is -0.423 e. The van der Waals surface area contributed by atoms with Gasteiger partial charge >= 0.3 is 17.9 Å². The van der Waals surface area contributed by atoms with Crippen molar-refractivity contribution < 1.29 is 28.6 Å². The summed E-state index contributed by atoms with van der Waals surface area (Å²) in [5, 5.41) is 0. The zero-order valence-corrected chi connectivity index (χ0v) is 17.3. The zero-order chi connectivity index (χ0) is 23.0. The molecule has 0 amide bonds. The van der Waals surface area contributed by atoms with E-state index in [2.05, 4.69) is 6.07 Å². The number of ether oxygens (including phenoxy) is 3. The normalized spacial score (nSPS) is 10.2. The fourth-order valence-corrected chi connectivity index (χ4v) is 2.99. The Balaban J connectivity index is 1.72. The maximum Gasteiger partial charge on any atom is 0.345 e. The van der Waals surface area contributed by atoms with Crippen LogP contribution in [0.25, 0.3) is 0 Å². The van der Waals surface area contributed by atoms with Crippen molar-refractivity contribution in [2.45, 2.75) is 0 Å². The first-order valence-corrected chi connectivity index (χ1v) is 9.97. The fourth-order valence-electron chi connectivity index (χ4n) is 2.99. The monoisotopic (exact) mass is 437 g/mol. The average molecular weight is 437 g/mol. The summed E-state index contributed by atoms with van der Waals surface area (Å²) in [6.45, 7) is 0. The first-order chi connectivity index (χ1) is 16.1. The van der Waals surface area contributed by atoms with Gasteiger partial charge in [-0.1, -0.05) is 54.6 Å². The molecule has 6 nitrogen and oxygen atoms in total. The molecular formula is C27H17O6. The second kappa shape index (κ2) is 10.1. The van der Waals surface area contributed by atoms with Crippen LogP contribution in [0.1, 0.15) is 31.1 Å². The van der Waals surface area contributed by atoms with Crippen LogP contribution in [0.3, 0.4) is 0 Å². The van der Waals surface area contributed by atoms with E-state index in [4.69, 9.17) is 14.2 Å². The van der Waals surface area contributed by atoms with Gasteiger partial charge in [-0.3, -0.25) is 0 Å². The molecule has 6 heteroatoms. The van der Waals surface area contributed by atoms with E-state index in [1.165, 1.54) is 12.1 Å². The topological polar surface area (TPSA) is 78.9 Å². The van der Waals surface area contributed by atoms with Crippen molar-refractivity contribution in [2.24, 2.45) is 0 Å². The molecule has 0 heterocycles. The smallest absolute Gasteiger partial charge is 0.345 e. The van der Waals surface area contributed by atoms with E-state index in [1.54, 1.807) is 91.0 Å². The van der Waals surface area contributed by atoms with Crippen molar-refractivity contribution in [1.82, 2.24) is 0 Å². The number of rotatable bonds is 6. The predicted octanol–water partition coefficient (Wildman–Crippen LogP) is 5.14. The zero-order valence-electron chi connectivity index (χ0n) is 17.3. The van der Waals surface area contributed by atoms with Crippen LogP contribution in [0.15, 0.2) is 103 Å². The van der Waals surface area contributed by atoms with Gasteiger partial charge in [-0.2, -0.15) is 0 Å². The molecule has 33 heavy (non-hydrogen) atoms. The lowest BCUT2D eigenvalue weighted by Crippen LogP contribution is -2.23. The van der Waals surface area contributed by atoms with Gasteiger partial charge in [-0.15, -0.1) is 0 Å². The molecular weight excluding hydrogens is 420 g/mol. The van der Waals surface area contributed by atoms with Crippen molar-refractivity contribution in [3.63, 3.8) is 0 Å². The molecule has 4 aromatic carbocycles. The van der Waals surface area contributed by atoms with Crippen LogP contribution < -0.4 is 14.2 Å². The molecule has 0 aliphatic heterocycles. The maximum absolute atomic E-state index is 13.1. The van der Waals surface area contributed by atoms with E-state index >= 15 is 0 Å². The van der Waals surface area contributed by atoms with Gasteiger partial charge in [-0.25, -0.2) is 14.4 Å². The third-order valence-electron chi connectivity index (χ3n) is 4.50. The highest BCUT2D eigenvalue weighted by atomic mass is 16.5. The lowest BCUT2D eigenvalue weighted by atomic mass is 10.0. The number of hydrogen-bond acceptors (Lipinski definition) is 6. The number of esters is 3. The Morgan fingerprint density at radius 1 is 0.485 bits per heavy atom. The van der Waals surface area contributed by atoms with Gasteiger partial charge in [0.25, 0.3) is 0 Å². The minimum atomic E-state index is -0.907. The van der Waals surface area contributed by atoms with Crippen LogP contribution in [-0.4, -0.2) is 17.9 Å². The van der Waals surface area contributed by atoms with Crippen LogP contribution in [0.5, 0.6) is 17.2 Å². The highest BCUT2D eigenvalue weighted by Crippen LogP contribution is 2.23. The number of hydrogen-bond donors (Lipinski definition) is 0. The molecule has 4 rings (SSSR count). The predicted molar refractivity (Wildman–Crippen MR) is 119 cm³/mol. The van der Waals surface area contributed by atoms with Crippen LogP contribution in [-0.2, 0) is 0 Å². The Labute approximate surface area is 190 Å². The molecule has 0 unspecified atom stereocenters. The van der Waals surface area contributed by atoms with Crippen molar-refractivity contribution in [3.8, 4) is 17.2 Å². The number of carbonyl (C=O) groups is 3. The van der Waals surface area contributed by atoms with Gasteiger partial charge in [0.1, 0.15) is 17.2 Å². The summed E-state index contributed by atoms with van der Waals surface area (Å²) in [5.74, 6) is -1.78. The summed E-state index contributed by atoms with van der Waals surface area (Å²) < 4.78 is 16.2. The number of carbonyl (C=O) groups excluding carboxylic acids is 3. The van der Waals surface area contributed by atoms with Crippen molar-refractivity contribution >= 4 is 17.9 Å². The van der Waals surface area contributed by atoms with Crippen LogP contribution >= 0.6 is 0 Å². The van der Waals surface area contributed by atoms with Gasteiger partial charge in [-0.05, 0) is 54.6 Å². The SMILES string of the molecule is O=C(Oc1ccccc1)c1c[c]cc(C(=O)Oc2ccccc2)c1C(=O)Oc1ccccc1. The first kappa shape index (κ1) is 21.5. The second-order valence-corrected chi connectivity index (χ2v) is 6.77. The molecule has 161 valence electrons. The molecule has 0 N–H and O–H groups in total. The quantitative estimate of drug-likeness (QED) is 0.307. The Morgan fingerprint density at radius 3 is 1.18 bits per heavy atom. The third-order valence-corrected chi connectivity index (χ3v) is 4.50. The standard InChI is InChI=1S/C27H17O6/c28-25(31-19-11-4-1-5-12-19)22-17-10-18-23(26(29)32-20-13-6-2-7-14-20)24(22)27(30)33-21-15-8-3-9-16-21/h1-9,11-18H.